The highest BCUT2D eigenvalue weighted by Gasteiger charge is 2.20. The molecule has 0 aliphatic heterocycles. The van der Waals surface area contributed by atoms with Crippen molar-refractivity contribution in [2.24, 2.45) is 0 Å². The number of benzene rings is 1. The minimum absolute atomic E-state index is 0.0305. The van der Waals surface area contributed by atoms with Crippen LogP contribution in [0.25, 0.3) is 5.52 Å². The first-order valence-electron chi connectivity index (χ1n) is 8.23. The summed E-state index contributed by atoms with van der Waals surface area (Å²) in [4.78, 5) is 4.66. The van der Waals surface area contributed by atoms with Crippen LogP contribution in [0.15, 0.2) is 54.9 Å². The summed E-state index contributed by atoms with van der Waals surface area (Å²) >= 11 is 0. The van der Waals surface area contributed by atoms with Gasteiger partial charge in [-0.1, -0.05) is 12.1 Å². The number of nitrogens with zero attached hydrogens (tertiary/aromatic N) is 4. The van der Waals surface area contributed by atoms with E-state index < -0.39 is 0 Å². The number of H-pyrrole nitrogens is 1. The average Bonchev–Trinajstić information content (AvgIpc) is 3.32. The normalized spacial score (nSPS) is 12.4. The molecule has 1 unspecified atom stereocenters. The van der Waals surface area contributed by atoms with Gasteiger partial charge in [0.2, 0.25) is 0 Å². The van der Waals surface area contributed by atoms with Crippen LogP contribution < -0.4 is 5.32 Å². The third kappa shape index (κ3) is 3.14. The molecule has 0 saturated carbocycles. The summed E-state index contributed by atoms with van der Waals surface area (Å²) in [6, 6.07) is 11.8. The molecule has 1 aromatic carbocycles. The molecule has 0 fully saturated rings. The Morgan fingerprint density at radius 1 is 1.19 bits per heavy atom. The number of aromatic amines is 1. The van der Waals surface area contributed by atoms with E-state index in [9.17, 15) is 9.50 Å². The molecule has 0 spiro atoms. The number of rotatable bonds is 6. The number of anilines is 2. The lowest BCUT2D eigenvalue weighted by atomic mass is 9.95. The zero-order chi connectivity index (χ0) is 17.9. The number of aromatic nitrogens is 5. The lowest BCUT2D eigenvalue weighted by Gasteiger charge is -2.17. The molecular formula is C18H17FN6O. The van der Waals surface area contributed by atoms with Gasteiger partial charge in [-0.2, -0.15) is 10.2 Å². The van der Waals surface area contributed by atoms with Crippen molar-refractivity contribution in [1.82, 2.24) is 24.8 Å². The van der Waals surface area contributed by atoms with E-state index in [1.54, 1.807) is 28.9 Å². The summed E-state index contributed by atoms with van der Waals surface area (Å²) in [5.41, 5.74) is 1.65. The van der Waals surface area contributed by atoms with Gasteiger partial charge in [0.15, 0.2) is 17.5 Å². The molecule has 3 N–H and O–H groups in total. The fraction of sp³-hybridized carbons (Fsp3) is 0.167. The fourth-order valence-electron chi connectivity index (χ4n) is 2.91. The predicted octanol–water partition coefficient (Wildman–Crippen LogP) is 2.85. The molecule has 1 atom stereocenters. The van der Waals surface area contributed by atoms with Crippen LogP contribution in [0.2, 0.25) is 0 Å². The zero-order valence-corrected chi connectivity index (χ0v) is 13.8. The summed E-state index contributed by atoms with van der Waals surface area (Å²) in [5.74, 6) is 1.22. The molecule has 0 radical (unpaired) electrons. The van der Waals surface area contributed by atoms with Gasteiger partial charge in [0.1, 0.15) is 11.3 Å². The van der Waals surface area contributed by atoms with Crippen LogP contribution in [0.3, 0.4) is 0 Å². The van der Waals surface area contributed by atoms with Crippen molar-refractivity contribution < 1.29 is 9.50 Å². The summed E-state index contributed by atoms with van der Waals surface area (Å²) < 4.78 is 15.0. The molecule has 3 heterocycles. The van der Waals surface area contributed by atoms with Gasteiger partial charge in [0.05, 0.1) is 0 Å². The largest absolute Gasteiger partial charge is 0.396 e. The standard InChI is InChI=1S/C18H17FN6O/c19-13-5-3-12(4-6-13)14(8-11-26)17-22-18(21-16-7-9-20-23-16)15-2-1-10-25(15)24-17/h1-7,9-10,14,26H,8,11H2,(H2,20,21,22,23,24). The Morgan fingerprint density at radius 3 is 2.77 bits per heavy atom. The smallest absolute Gasteiger partial charge is 0.159 e. The molecule has 3 aromatic heterocycles. The molecule has 0 aliphatic carbocycles. The van der Waals surface area contributed by atoms with Crippen molar-refractivity contribution in [1.29, 1.82) is 0 Å². The van der Waals surface area contributed by atoms with E-state index in [0.29, 0.717) is 23.9 Å². The average molecular weight is 352 g/mol. The number of hydrogen-bond donors (Lipinski definition) is 3. The zero-order valence-electron chi connectivity index (χ0n) is 13.8. The quantitative estimate of drug-likeness (QED) is 0.496. The Morgan fingerprint density at radius 2 is 2.04 bits per heavy atom. The van der Waals surface area contributed by atoms with Gasteiger partial charge < -0.3 is 10.4 Å². The van der Waals surface area contributed by atoms with Crippen LogP contribution in [-0.4, -0.2) is 36.5 Å². The molecule has 132 valence electrons. The molecule has 0 amide bonds. The second-order valence-corrected chi connectivity index (χ2v) is 5.86. The first-order valence-corrected chi connectivity index (χ1v) is 8.23. The lowest BCUT2D eigenvalue weighted by Crippen LogP contribution is -2.13. The maximum atomic E-state index is 13.3. The Kier molecular flexibility index (Phi) is 4.32. The third-order valence-electron chi connectivity index (χ3n) is 4.16. The van der Waals surface area contributed by atoms with Crippen LogP contribution >= 0.6 is 0 Å². The number of halogens is 1. The minimum Gasteiger partial charge on any atom is -0.396 e. The van der Waals surface area contributed by atoms with Gasteiger partial charge >= 0.3 is 0 Å². The highest BCUT2D eigenvalue weighted by molar-refractivity contribution is 5.71. The number of nitrogens with one attached hydrogen (secondary N) is 2. The van der Waals surface area contributed by atoms with Gasteiger partial charge in [-0.25, -0.2) is 13.9 Å². The molecule has 8 heteroatoms. The number of fused-ring (bicyclic) bond motifs is 1. The Balaban J connectivity index is 1.79. The highest BCUT2D eigenvalue weighted by Crippen LogP contribution is 2.28. The molecule has 4 aromatic rings. The first-order chi connectivity index (χ1) is 12.7. The van der Waals surface area contributed by atoms with Crippen molar-refractivity contribution in [3.05, 3.63) is 72.1 Å². The van der Waals surface area contributed by atoms with E-state index in [1.165, 1.54) is 12.1 Å². The van der Waals surface area contributed by atoms with E-state index in [0.717, 1.165) is 11.1 Å². The SMILES string of the molecule is OCCC(c1ccc(F)cc1)c1nc(Nc2cc[nH]n2)c2cccn2n1. The van der Waals surface area contributed by atoms with Crippen molar-refractivity contribution in [2.45, 2.75) is 12.3 Å². The van der Waals surface area contributed by atoms with Crippen molar-refractivity contribution in [3.8, 4) is 0 Å². The van der Waals surface area contributed by atoms with E-state index in [1.807, 2.05) is 18.3 Å². The molecule has 0 aliphatic rings. The van der Waals surface area contributed by atoms with Crippen molar-refractivity contribution in [2.75, 3.05) is 11.9 Å². The molecular weight excluding hydrogens is 335 g/mol. The fourth-order valence-corrected chi connectivity index (χ4v) is 2.91. The van der Waals surface area contributed by atoms with Crippen LogP contribution in [0, 0.1) is 5.82 Å². The van der Waals surface area contributed by atoms with Crippen LogP contribution in [0.5, 0.6) is 0 Å². The van der Waals surface area contributed by atoms with Gasteiger partial charge in [-0.05, 0) is 36.2 Å². The van der Waals surface area contributed by atoms with E-state index in [-0.39, 0.29) is 18.3 Å². The Hall–Kier alpha value is -3.26. The molecule has 26 heavy (non-hydrogen) atoms. The van der Waals surface area contributed by atoms with Gasteiger partial charge in [0, 0.05) is 31.0 Å². The van der Waals surface area contributed by atoms with Crippen molar-refractivity contribution >= 4 is 17.2 Å². The molecule has 7 nitrogen and oxygen atoms in total. The van der Waals surface area contributed by atoms with Gasteiger partial charge in [-0.3, -0.25) is 5.10 Å². The van der Waals surface area contributed by atoms with Crippen molar-refractivity contribution in [3.63, 3.8) is 0 Å². The lowest BCUT2D eigenvalue weighted by molar-refractivity contribution is 0.279. The van der Waals surface area contributed by atoms with Crippen LogP contribution in [-0.2, 0) is 0 Å². The third-order valence-corrected chi connectivity index (χ3v) is 4.16. The summed E-state index contributed by atoms with van der Waals surface area (Å²) in [6.07, 6.45) is 3.98. The van der Waals surface area contributed by atoms with Crippen LogP contribution in [0.4, 0.5) is 16.0 Å². The van der Waals surface area contributed by atoms with E-state index >= 15 is 0 Å². The van der Waals surface area contributed by atoms with E-state index in [2.05, 4.69) is 25.6 Å². The minimum atomic E-state index is -0.306. The Labute approximate surface area is 148 Å². The number of aliphatic hydroxyl groups excluding tert-OH is 1. The Bertz CT molecular complexity index is 996. The highest BCUT2D eigenvalue weighted by atomic mass is 19.1. The maximum Gasteiger partial charge on any atom is 0.159 e. The topological polar surface area (TPSA) is 91.1 Å². The molecule has 4 rings (SSSR count). The number of aliphatic hydroxyl groups is 1. The summed E-state index contributed by atoms with van der Waals surface area (Å²) in [6.45, 7) is -0.0305. The predicted molar refractivity (Wildman–Crippen MR) is 94.8 cm³/mol. The van der Waals surface area contributed by atoms with Gasteiger partial charge in [-0.15, -0.1) is 0 Å². The number of hydrogen-bond acceptors (Lipinski definition) is 5. The summed E-state index contributed by atoms with van der Waals surface area (Å²) in [7, 11) is 0. The molecule has 0 saturated heterocycles. The second-order valence-electron chi connectivity index (χ2n) is 5.86. The molecule has 0 bridgehead atoms. The van der Waals surface area contributed by atoms with Crippen LogP contribution in [0.1, 0.15) is 23.7 Å². The monoisotopic (exact) mass is 352 g/mol. The second kappa shape index (κ2) is 6.93. The summed E-state index contributed by atoms with van der Waals surface area (Å²) in [5, 5.41) is 24.1. The maximum absolute atomic E-state index is 13.3. The van der Waals surface area contributed by atoms with E-state index in [4.69, 9.17) is 0 Å². The first kappa shape index (κ1) is 16.2. The van der Waals surface area contributed by atoms with Gasteiger partial charge in [0.25, 0.3) is 0 Å².